The third-order valence-corrected chi connectivity index (χ3v) is 3.09. The van der Waals surface area contributed by atoms with Crippen LogP contribution in [0, 0.1) is 5.92 Å². The molecule has 0 aliphatic rings. The highest BCUT2D eigenvalue weighted by Gasteiger charge is 2.00. The summed E-state index contributed by atoms with van der Waals surface area (Å²) in [4.78, 5) is 4.21. The van der Waals surface area contributed by atoms with E-state index in [0.717, 1.165) is 36.1 Å². The first-order chi connectivity index (χ1) is 7.70. The molecule has 0 unspecified atom stereocenters. The van der Waals surface area contributed by atoms with Gasteiger partial charge in [-0.25, -0.2) is 4.98 Å². The Balaban J connectivity index is 2.10. The van der Waals surface area contributed by atoms with Gasteiger partial charge in [0.2, 0.25) is 0 Å². The van der Waals surface area contributed by atoms with Crippen LogP contribution in [0.25, 0.3) is 0 Å². The molecule has 16 heavy (non-hydrogen) atoms. The number of hydrogen-bond donors (Lipinski definition) is 1. The van der Waals surface area contributed by atoms with Crippen molar-refractivity contribution in [3.8, 4) is 0 Å². The maximum Gasteiger partial charge on any atom is 0.119 e. The SMILES string of the molecule is CC(C)CCOCCSc1ncccc1N. The minimum absolute atomic E-state index is 0.707. The molecule has 2 N–H and O–H groups in total. The molecule has 0 saturated heterocycles. The number of hydrogen-bond acceptors (Lipinski definition) is 4. The minimum atomic E-state index is 0.707. The van der Waals surface area contributed by atoms with Crippen molar-refractivity contribution in [2.24, 2.45) is 5.92 Å². The first-order valence-electron chi connectivity index (χ1n) is 5.61. The van der Waals surface area contributed by atoms with Gasteiger partial charge in [0.05, 0.1) is 12.3 Å². The molecule has 0 atom stereocenters. The molecule has 0 aliphatic heterocycles. The summed E-state index contributed by atoms with van der Waals surface area (Å²) in [5, 5.41) is 0.898. The zero-order valence-electron chi connectivity index (χ0n) is 9.98. The lowest BCUT2D eigenvalue weighted by atomic mass is 10.1. The van der Waals surface area contributed by atoms with Crippen LogP contribution in [0.2, 0.25) is 0 Å². The smallest absolute Gasteiger partial charge is 0.119 e. The lowest BCUT2D eigenvalue weighted by molar-refractivity contribution is 0.138. The number of nitrogen functional groups attached to an aromatic ring is 1. The summed E-state index contributed by atoms with van der Waals surface area (Å²) in [6, 6.07) is 3.72. The Hall–Kier alpha value is -0.740. The molecule has 90 valence electrons. The van der Waals surface area contributed by atoms with Crippen molar-refractivity contribution >= 4 is 17.4 Å². The van der Waals surface area contributed by atoms with E-state index in [1.807, 2.05) is 12.1 Å². The largest absolute Gasteiger partial charge is 0.397 e. The number of rotatable bonds is 7. The Morgan fingerprint density at radius 2 is 2.25 bits per heavy atom. The average Bonchev–Trinajstić information content (AvgIpc) is 2.25. The monoisotopic (exact) mass is 240 g/mol. The topological polar surface area (TPSA) is 48.1 Å². The lowest BCUT2D eigenvalue weighted by Crippen LogP contribution is -2.02. The van der Waals surface area contributed by atoms with E-state index < -0.39 is 0 Å². The Bertz CT molecular complexity index is 305. The quantitative estimate of drug-likeness (QED) is 0.588. The minimum Gasteiger partial charge on any atom is -0.397 e. The Labute approximate surface area is 102 Å². The van der Waals surface area contributed by atoms with E-state index in [9.17, 15) is 0 Å². The normalized spacial score (nSPS) is 10.9. The molecular formula is C12H20N2OS. The molecule has 0 aliphatic carbocycles. The second-order valence-electron chi connectivity index (χ2n) is 4.04. The highest BCUT2D eigenvalue weighted by Crippen LogP contribution is 2.20. The van der Waals surface area contributed by atoms with Crippen molar-refractivity contribution in [3.63, 3.8) is 0 Å². The van der Waals surface area contributed by atoms with Gasteiger partial charge >= 0.3 is 0 Å². The molecule has 0 fully saturated rings. The molecule has 1 rings (SSSR count). The van der Waals surface area contributed by atoms with Crippen molar-refractivity contribution in [1.29, 1.82) is 0 Å². The van der Waals surface area contributed by atoms with Crippen LogP contribution in [-0.4, -0.2) is 24.0 Å². The fourth-order valence-electron chi connectivity index (χ4n) is 1.14. The number of nitrogens with zero attached hydrogens (tertiary/aromatic N) is 1. The second kappa shape index (κ2) is 7.52. The van der Waals surface area contributed by atoms with Gasteiger partial charge in [0.1, 0.15) is 5.03 Å². The molecule has 0 amide bonds. The van der Waals surface area contributed by atoms with Crippen molar-refractivity contribution in [1.82, 2.24) is 4.98 Å². The average molecular weight is 240 g/mol. The number of pyridine rings is 1. The van der Waals surface area contributed by atoms with Gasteiger partial charge in [-0.1, -0.05) is 13.8 Å². The van der Waals surface area contributed by atoms with Crippen molar-refractivity contribution < 1.29 is 4.74 Å². The van der Waals surface area contributed by atoms with Crippen LogP contribution in [0.4, 0.5) is 5.69 Å². The summed E-state index contributed by atoms with van der Waals surface area (Å²) in [5.41, 5.74) is 6.52. The number of thioether (sulfide) groups is 1. The number of aromatic nitrogens is 1. The summed E-state index contributed by atoms with van der Waals surface area (Å²) < 4.78 is 5.52. The third-order valence-electron chi connectivity index (χ3n) is 2.11. The summed E-state index contributed by atoms with van der Waals surface area (Å²) in [6.45, 7) is 6.00. The van der Waals surface area contributed by atoms with E-state index in [2.05, 4.69) is 18.8 Å². The Morgan fingerprint density at radius 3 is 2.94 bits per heavy atom. The van der Waals surface area contributed by atoms with Gasteiger partial charge in [0, 0.05) is 18.6 Å². The Morgan fingerprint density at radius 1 is 1.44 bits per heavy atom. The van der Waals surface area contributed by atoms with Gasteiger partial charge < -0.3 is 10.5 Å². The fraction of sp³-hybridized carbons (Fsp3) is 0.583. The lowest BCUT2D eigenvalue weighted by Gasteiger charge is -2.06. The molecule has 0 bridgehead atoms. The first kappa shape index (κ1) is 13.3. The van der Waals surface area contributed by atoms with E-state index in [0.29, 0.717) is 5.92 Å². The van der Waals surface area contributed by atoms with Gasteiger partial charge in [-0.15, -0.1) is 11.8 Å². The molecule has 3 nitrogen and oxygen atoms in total. The zero-order chi connectivity index (χ0) is 11.8. The number of ether oxygens (including phenoxy) is 1. The first-order valence-corrected chi connectivity index (χ1v) is 6.59. The molecule has 0 saturated carbocycles. The molecule has 0 spiro atoms. The molecule has 4 heteroatoms. The maximum absolute atomic E-state index is 5.78. The summed E-state index contributed by atoms with van der Waals surface area (Å²) in [6.07, 6.45) is 2.88. The van der Waals surface area contributed by atoms with Gasteiger partial charge in [0.15, 0.2) is 0 Å². The third kappa shape index (κ3) is 5.37. The zero-order valence-corrected chi connectivity index (χ0v) is 10.8. The predicted octanol–water partition coefficient (Wildman–Crippen LogP) is 2.82. The summed E-state index contributed by atoms with van der Waals surface area (Å²) in [7, 11) is 0. The Kier molecular flexibility index (Phi) is 6.26. The molecular weight excluding hydrogens is 220 g/mol. The van der Waals surface area contributed by atoms with Gasteiger partial charge in [0.25, 0.3) is 0 Å². The van der Waals surface area contributed by atoms with Crippen LogP contribution >= 0.6 is 11.8 Å². The van der Waals surface area contributed by atoms with Gasteiger partial charge in [-0.3, -0.25) is 0 Å². The van der Waals surface area contributed by atoms with Crippen molar-refractivity contribution in [2.45, 2.75) is 25.3 Å². The maximum atomic E-state index is 5.78. The molecule has 1 heterocycles. The molecule has 0 aromatic carbocycles. The highest BCUT2D eigenvalue weighted by atomic mass is 32.2. The van der Waals surface area contributed by atoms with Crippen LogP contribution in [0.5, 0.6) is 0 Å². The fourth-order valence-corrected chi connectivity index (χ4v) is 1.91. The highest BCUT2D eigenvalue weighted by molar-refractivity contribution is 7.99. The molecule has 1 aromatic rings. The van der Waals surface area contributed by atoms with Crippen LogP contribution in [0.3, 0.4) is 0 Å². The standard InChI is InChI=1S/C12H20N2OS/c1-10(2)5-7-15-8-9-16-12-11(13)4-3-6-14-12/h3-4,6,10H,5,7-9,13H2,1-2H3. The van der Waals surface area contributed by atoms with E-state index in [1.165, 1.54) is 0 Å². The van der Waals surface area contributed by atoms with E-state index in [4.69, 9.17) is 10.5 Å². The molecule has 1 aromatic heterocycles. The van der Waals surface area contributed by atoms with E-state index in [1.54, 1.807) is 18.0 Å². The van der Waals surface area contributed by atoms with Crippen molar-refractivity contribution in [2.75, 3.05) is 24.7 Å². The van der Waals surface area contributed by atoms with E-state index in [-0.39, 0.29) is 0 Å². The number of nitrogens with two attached hydrogens (primary N) is 1. The number of anilines is 1. The van der Waals surface area contributed by atoms with Crippen LogP contribution in [-0.2, 0) is 4.74 Å². The van der Waals surface area contributed by atoms with Gasteiger partial charge in [-0.2, -0.15) is 0 Å². The predicted molar refractivity (Wildman–Crippen MR) is 69.6 cm³/mol. The van der Waals surface area contributed by atoms with Gasteiger partial charge in [-0.05, 0) is 24.5 Å². The van der Waals surface area contributed by atoms with E-state index >= 15 is 0 Å². The van der Waals surface area contributed by atoms with Crippen molar-refractivity contribution in [3.05, 3.63) is 18.3 Å². The summed E-state index contributed by atoms with van der Waals surface area (Å²) >= 11 is 1.64. The second-order valence-corrected chi connectivity index (χ2v) is 5.12. The van der Waals surface area contributed by atoms with Crippen LogP contribution in [0.15, 0.2) is 23.4 Å². The summed E-state index contributed by atoms with van der Waals surface area (Å²) in [5.74, 6) is 1.61. The van der Waals surface area contributed by atoms with Crippen LogP contribution < -0.4 is 5.73 Å². The molecule has 0 radical (unpaired) electrons. The van der Waals surface area contributed by atoms with Crippen LogP contribution in [0.1, 0.15) is 20.3 Å².